The van der Waals surface area contributed by atoms with E-state index in [1.165, 1.54) is 11.3 Å². The molecule has 1 aromatic rings. The molecule has 2 rings (SSSR count). The molecule has 0 aliphatic heterocycles. The lowest BCUT2D eigenvalue weighted by Gasteiger charge is -2.35. The van der Waals surface area contributed by atoms with Crippen LogP contribution in [0.1, 0.15) is 24.1 Å². The number of hydrogen-bond donors (Lipinski definition) is 1. The Morgan fingerprint density at radius 3 is 3.00 bits per heavy atom. The highest BCUT2D eigenvalue weighted by atomic mass is 32.1. The normalized spacial score (nSPS) is 19.0. The van der Waals surface area contributed by atoms with E-state index in [-0.39, 0.29) is 5.54 Å². The summed E-state index contributed by atoms with van der Waals surface area (Å²) in [5.74, 6) is 0. The molecule has 0 radical (unpaired) electrons. The minimum Gasteiger partial charge on any atom is -0.294 e. The summed E-state index contributed by atoms with van der Waals surface area (Å²) in [6.07, 6.45) is 5.00. The molecule has 0 saturated heterocycles. The molecule has 0 aromatic carbocycles. The lowest BCUT2D eigenvalue weighted by molar-refractivity contribution is 0.253. The van der Waals surface area contributed by atoms with Gasteiger partial charge in [0.05, 0.1) is 11.6 Å². The Morgan fingerprint density at radius 2 is 2.54 bits per heavy atom. The predicted octanol–water partition coefficient (Wildman–Crippen LogP) is 1.68. The highest BCUT2D eigenvalue weighted by Gasteiger charge is 2.36. The Hall–Kier alpha value is -0.920. The van der Waals surface area contributed by atoms with Crippen molar-refractivity contribution >= 4 is 11.3 Å². The summed E-state index contributed by atoms with van der Waals surface area (Å²) in [4.78, 5) is 5.18. The first-order chi connectivity index (χ1) is 6.35. The Kier molecular flexibility index (Phi) is 2.30. The largest absolute Gasteiger partial charge is 0.294 e. The number of rotatable bonds is 3. The maximum atomic E-state index is 8.94. The fraction of sp³-hybridized carbons (Fsp3) is 0.556. The van der Waals surface area contributed by atoms with Gasteiger partial charge in [-0.1, -0.05) is 0 Å². The minimum absolute atomic E-state index is 0.232. The van der Waals surface area contributed by atoms with Gasteiger partial charge in [-0.25, -0.2) is 0 Å². The Morgan fingerprint density at radius 1 is 1.69 bits per heavy atom. The summed E-state index contributed by atoms with van der Waals surface area (Å²) in [5.41, 5.74) is 1.58. The lowest BCUT2D eigenvalue weighted by atomic mass is 9.78. The highest BCUT2D eigenvalue weighted by molar-refractivity contribution is 7.09. The topological polar surface area (TPSA) is 48.7 Å². The number of thiazole rings is 1. The van der Waals surface area contributed by atoms with Crippen LogP contribution in [-0.2, 0) is 6.54 Å². The zero-order valence-corrected chi connectivity index (χ0v) is 8.10. The van der Waals surface area contributed by atoms with Crippen molar-refractivity contribution in [2.24, 2.45) is 0 Å². The van der Waals surface area contributed by atoms with Gasteiger partial charge in [-0.05, 0) is 19.3 Å². The third-order valence-electron chi connectivity index (χ3n) is 2.51. The number of nitrogens with zero attached hydrogens (tertiary/aromatic N) is 2. The van der Waals surface area contributed by atoms with Crippen molar-refractivity contribution in [1.82, 2.24) is 10.3 Å². The molecule has 13 heavy (non-hydrogen) atoms. The van der Waals surface area contributed by atoms with Gasteiger partial charge in [-0.2, -0.15) is 5.26 Å². The summed E-state index contributed by atoms with van der Waals surface area (Å²) in [5, 5.41) is 12.2. The van der Waals surface area contributed by atoms with Crippen LogP contribution in [0.4, 0.5) is 0 Å². The van der Waals surface area contributed by atoms with Crippen LogP contribution in [-0.4, -0.2) is 10.5 Å². The van der Waals surface area contributed by atoms with Gasteiger partial charge in [0.1, 0.15) is 5.54 Å². The summed E-state index contributed by atoms with van der Waals surface area (Å²) >= 11 is 1.63. The molecule has 0 atom stereocenters. The van der Waals surface area contributed by atoms with Crippen LogP contribution in [0.15, 0.2) is 11.7 Å². The standard InChI is InChI=1S/C9H11N3S/c10-6-9(2-1-3-9)12-5-8-4-11-7-13-8/h4,7,12H,1-3,5H2. The van der Waals surface area contributed by atoms with Gasteiger partial charge >= 0.3 is 0 Å². The Bertz CT molecular complexity index is 308. The van der Waals surface area contributed by atoms with Crippen LogP contribution >= 0.6 is 11.3 Å². The zero-order chi connectivity index (χ0) is 9.15. The monoisotopic (exact) mass is 193 g/mol. The second-order valence-corrected chi connectivity index (χ2v) is 4.34. The van der Waals surface area contributed by atoms with E-state index in [0.717, 1.165) is 19.4 Å². The number of nitrogens with one attached hydrogen (secondary N) is 1. The average Bonchev–Trinajstić information content (AvgIpc) is 2.56. The quantitative estimate of drug-likeness (QED) is 0.794. The van der Waals surface area contributed by atoms with Gasteiger partial charge in [0.2, 0.25) is 0 Å². The molecule has 1 heterocycles. The third-order valence-corrected chi connectivity index (χ3v) is 3.29. The number of aromatic nitrogens is 1. The fourth-order valence-corrected chi connectivity index (χ4v) is 1.98. The molecular formula is C9H11N3S. The molecule has 1 aliphatic rings. The van der Waals surface area contributed by atoms with Crippen molar-refractivity contribution in [3.63, 3.8) is 0 Å². The molecule has 0 spiro atoms. The van der Waals surface area contributed by atoms with Gasteiger partial charge in [-0.3, -0.25) is 10.3 Å². The molecular weight excluding hydrogens is 182 g/mol. The fourth-order valence-electron chi connectivity index (χ4n) is 1.44. The van der Waals surface area contributed by atoms with Crippen molar-refractivity contribution in [1.29, 1.82) is 5.26 Å². The average molecular weight is 193 g/mol. The molecule has 0 bridgehead atoms. The maximum absolute atomic E-state index is 8.94. The molecule has 1 fully saturated rings. The van der Waals surface area contributed by atoms with E-state index in [1.54, 1.807) is 11.3 Å². The van der Waals surface area contributed by atoms with Crippen molar-refractivity contribution in [3.05, 3.63) is 16.6 Å². The SMILES string of the molecule is N#CC1(NCc2cncs2)CCC1. The molecule has 68 valence electrons. The molecule has 3 nitrogen and oxygen atoms in total. The summed E-state index contributed by atoms with van der Waals surface area (Å²) in [6, 6.07) is 2.35. The van der Waals surface area contributed by atoms with E-state index in [0.29, 0.717) is 0 Å². The van der Waals surface area contributed by atoms with Crippen LogP contribution in [0.3, 0.4) is 0 Å². The van der Waals surface area contributed by atoms with E-state index < -0.39 is 0 Å². The molecule has 0 amide bonds. The summed E-state index contributed by atoms with van der Waals surface area (Å²) < 4.78 is 0. The molecule has 1 N–H and O–H groups in total. The van der Waals surface area contributed by atoms with E-state index >= 15 is 0 Å². The molecule has 1 saturated carbocycles. The van der Waals surface area contributed by atoms with Gasteiger partial charge in [-0.15, -0.1) is 11.3 Å². The molecule has 4 heteroatoms. The minimum atomic E-state index is -0.232. The highest BCUT2D eigenvalue weighted by Crippen LogP contribution is 2.31. The first-order valence-electron chi connectivity index (χ1n) is 4.38. The molecule has 0 unspecified atom stereocenters. The zero-order valence-electron chi connectivity index (χ0n) is 7.29. The van der Waals surface area contributed by atoms with Crippen molar-refractivity contribution in [2.45, 2.75) is 31.3 Å². The third kappa shape index (κ3) is 1.71. The first-order valence-corrected chi connectivity index (χ1v) is 5.26. The number of hydrogen-bond acceptors (Lipinski definition) is 4. The van der Waals surface area contributed by atoms with Crippen LogP contribution in [0.2, 0.25) is 0 Å². The smallest absolute Gasteiger partial charge is 0.107 e. The van der Waals surface area contributed by atoms with Gasteiger partial charge in [0.25, 0.3) is 0 Å². The maximum Gasteiger partial charge on any atom is 0.107 e. The predicted molar refractivity (Wildman–Crippen MR) is 51.1 cm³/mol. The number of nitriles is 1. The second kappa shape index (κ2) is 3.44. The van der Waals surface area contributed by atoms with Crippen molar-refractivity contribution in [2.75, 3.05) is 0 Å². The van der Waals surface area contributed by atoms with Gasteiger partial charge < -0.3 is 0 Å². The van der Waals surface area contributed by atoms with E-state index in [9.17, 15) is 0 Å². The Balaban J connectivity index is 1.89. The van der Waals surface area contributed by atoms with Crippen LogP contribution in [0, 0.1) is 11.3 Å². The second-order valence-electron chi connectivity index (χ2n) is 3.37. The summed E-state index contributed by atoms with van der Waals surface area (Å²) in [7, 11) is 0. The molecule has 1 aromatic heterocycles. The van der Waals surface area contributed by atoms with Gasteiger partial charge in [0, 0.05) is 17.6 Å². The van der Waals surface area contributed by atoms with Crippen LogP contribution in [0.5, 0.6) is 0 Å². The van der Waals surface area contributed by atoms with Crippen LogP contribution in [0.25, 0.3) is 0 Å². The van der Waals surface area contributed by atoms with Crippen molar-refractivity contribution in [3.8, 4) is 6.07 Å². The van der Waals surface area contributed by atoms with Gasteiger partial charge in [0.15, 0.2) is 0 Å². The van der Waals surface area contributed by atoms with Crippen LogP contribution < -0.4 is 5.32 Å². The Labute approximate surface area is 81.4 Å². The lowest BCUT2D eigenvalue weighted by Crippen LogP contribution is -2.49. The van der Waals surface area contributed by atoms with E-state index in [2.05, 4.69) is 16.4 Å². The van der Waals surface area contributed by atoms with Crippen molar-refractivity contribution < 1.29 is 0 Å². The van der Waals surface area contributed by atoms with E-state index in [4.69, 9.17) is 5.26 Å². The van der Waals surface area contributed by atoms with E-state index in [1.807, 2.05) is 11.7 Å². The first kappa shape index (κ1) is 8.67. The summed E-state index contributed by atoms with van der Waals surface area (Å²) in [6.45, 7) is 0.776. The molecule has 1 aliphatic carbocycles.